The lowest BCUT2D eigenvalue weighted by molar-refractivity contribution is 0.376. The van der Waals surface area contributed by atoms with Crippen molar-refractivity contribution in [2.24, 2.45) is 5.92 Å². The maximum atomic E-state index is 4.37. The number of nitrogens with one attached hydrogen (secondary N) is 2. The molecule has 1 aliphatic heterocycles. The number of nitrogens with zero attached hydrogens (tertiary/aromatic N) is 2. The topological polar surface area (TPSA) is 41.9 Å². The van der Waals surface area contributed by atoms with Crippen molar-refractivity contribution >= 4 is 5.82 Å². The molecule has 1 aromatic heterocycles. The SMILES string of the molecule is C[C@H](NC[C@H]1CNc2ccnn2C1)c1ccc2c(c1)CCCC2. The highest BCUT2D eigenvalue weighted by molar-refractivity contribution is 5.36. The Bertz CT molecular complexity index is 676. The van der Waals surface area contributed by atoms with Gasteiger partial charge in [-0.15, -0.1) is 0 Å². The maximum Gasteiger partial charge on any atom is 0.124 e. The van der Waals surface area contributed by atoms with Gasteiger partial charge >= 0.3 is 0 Å². The van der Waals surface area contributed by atoms with Crippen LogP contribution in [0.4, 0.5) is 5.82 Å². The number of hydrogen-bond donors (Lipinski definition) is 2. The average Bonchev–Trinajstić information content (AvgIpc) is 3.07. The summed E-state index contributed by atoms with van der Waals surface area (Å²) >= 11 is 0. The fourth-order valence-corrected chi connectivity index (χ4v) is 3.81. The van der Waals surface area contributed by atoms with Crippen molar-refractivity contribution in [3.8, 4) is 0 Å². The third kappa shape index (κ3) is 3.13. The van der Waals surface area contributed by atoms with Crippen LogP contribution in [0, 0.1) is 5.92 Å². The van der Waals surface area contributed by atoms with E-state index in [1.54, 1.807) is 11.1 Å². The second kappa shape index (κ2) is 6.36. The van der Waals surface area contributed by atoms with Gasteiger partial charge in [-0.25, -0.2) is 4.68 Å². The number of benzene rings is 1. The summed E-state index contributed by atoms with van der Waals surface area (Å²) < 4.78 is 2.07. The largest absolute Gasteiger partial charge is 0.370 e. The fourth-order valence-electron chi connectivity index (χ4n) is 3.81. The van der Waals surface area contributed by atoms with Crippen molar-refractivity contribution in [1.29, 1.82) is 0 Å². The number of aromatic nitrogens is 2. The van der Waals surface area contributed by atoms with E-state index in [9.17, 15) is 0 Å². The maximum absolute atomic E-state index is 4.37. The van der Waals surface area contributed by atoms with Crippen LogP contribution in [0.3, 0.4) is 0 Å². The molecule has 0 unspecified atom stereocenters. The first-order valence-electron chi connectivity index (χ1n) is 8.90. The van der Waals surface area contributed by atoms with Crippen LogP contribution in [0.2, 0.25) is 0 Å². The third-order valence-electron chi connectivity index (χ3n) is 5.30. The Morgan fingerprint density at radius 2 is 2.13 bits per heavy atom. The van der Waals surface area contributed by atoms with Gasteiger partial charge in [0.15, 0.2) is 0 Å². The van der Waals surface area contributed by atoms with Crippen LogP contribution >= 0.6 is 0 Å². The van der Waals surface area contributed by atoms with Gasteiger partial charge < -0.3 is 10.6 Å². The molecule has 0 amide bonds. The highest BCUT2D eigenvalue weighted by Gasteiger charge is 2.19. The quantitative estimate of drug-likeness (QED) is 0.911. The number of hydrogen-bond acceptors (Lipinski definition) is 3. The Hall–Kier alpha value is -1.81. The average molecular weight is 310 g/mol. The van der Waals surface area contributed by atoms with Gasteiger partial charge in [0.2, 0.25) is 0 Å². The predicted molar refractivity (Wildman–Crippen MR) is 93.7 cm³/mol. The molecule has 0 saturated heterocycles. The van der Waals surface area contributed by atoms with E-state index in [2.05, 4.69) is 45.5 Å². The molecule has 2 aliphatic rings. The normalized spacial score (nSPS) is 21.2. The lowest BCUT2D eigenvalue weighted by atomic mass is 9.89. The standard InChI is InChI=1S/C19H26N4/c1-14(17-7-6-16-4-2-3-5-18(16)10-17)20-11-15-12-21-19-8-9-22-23(19)13-15/h6-10,14-15,20-21H,2-5,11-13H2,1H3/t14-,15-/m0/s1. The van der Waals surface area contributed by atoms with Crippen LogP contribution in [0.5, 0.6) is 0 Å². The van der Waals surface area contributed by atoms with Crippen LogP contribution < -0.4 is 10.6 Å². The summed E-state index contributed by atoms with van der Waals surface area (Å²) in [7, 11) is 0. The van der Waals surface area contributed by atoms with Crippen molar-refractivity contribution in [2.75, 3.05) is 18.4 Å². The Morgan fingerprint density at radius 3 is 3.04 bits per heavy atom. The molecule has 2 N–H and O–H groups in total. The molecule has 1 aliphatic carbocycles. The Kier molecular flexibility index (Phi) is 4.08. The van der Waals surface area contributed by atoms with Gasteiger partial charge in [-0.1, -0.05) is 18.2 Å². The minimum atomic E-state index is 0.404. The van der Waals surface area contributed by atoms with Gasteiger partial charge in [-0.3, -0.25) is 0 Å². The summed E-state index contributed by atoms with van der Waals surface area (Å²) in [5.41, 5.74) is 4.56. The van der Waals surface area contributed by atoms with Crippen LogP contribution in [0.1, 0.15) is 42.5 Å². The van der Waals surface area contributed by atoms with E-state index < -0.39 is 0 Å². The van der Waals surface area contributed by atoms with Gasteiger partial charge in [0.1, 0.15) is 5.82 Å². The summed E-state index contributed by atoms with van der Waals surface area (Å²) in [6.45, 7) is 5.32. The lowest BCUT2D eigenvalue weighted by Crippen LogP contribution is -2.36. The fraction of sp³-hybridized carbons (Fsp3) is 0.526. The van der Waals surface area contributed by atoms with E-state index in [1.807, 2.05) is 12.3 Å². The molecule has 1 aromatic carbocycles. The summed E-state index contributed by atoms with van der Waals surface area (Å²) in [5, 5.41) is 11.5. The second-order valence-electron chi connectivity index (χ2n) is 7.01. The molecule has 2 aromatic rings. The minimum Gasteiger partial charge on any atom is -0.370 e. The first-order chi connectivity index (χ1) is 11.3. The van der Waals surface area contributed by atoms with E-state index in [0.29, 0.717) is 12.0 Å². The molecule has 0 radical (unpaired) electrons. The monoisotopic (exact) mass is 310 g/mol. The van der Waals surface area contributed by atoms with Gasteiger partial charge in [-0.2, -0.15) is 5.10 Å². The Morgan fingerprint density at radius 1 is 1.26 bits per heavy atom. The third-order valence-corrected chi connectivity index (χ3v) is 5.30. The predicted octanol–water partition coefficient (Wildman–Crippen LogP) is 3.15. The summed E-state index contributed by atoms with van der Waals surface area (Å²) in [5.74, 6) is 1.73. The molecule has 23 heavy (non-hydrogen) atoms. The zero-order valence-electron chi connectivity index (χ0n) is 13.9. The van der Waals surface area contributed by atoms with E-state index in [-0.39, 0.29) is 0 Å². The lowest BCUT2D eigenvalue weighted by Gasteiger charge is -2.27. The van der Waals surface area contributed by atoms with Gasteiger partial charge in [-0.05, 0) is 49.3 Å². The molecule has 0 fully saturated rings. The number of rotatable bonds is 4. The minimum absolute atomic E-state index is 0.404. The number of anilines is 1. The van der Waals surface area contributed by atoms with Crippen molar-refractivity contribution in [2.45, 2.75) is 45.2 Å². The molecular formula is C19H26N4. The van der Waals surface area contributed by atoms with Crippen LogP contribution in [-0.2, 0) is 19.4 Å². The zero-order valence-corrected chi connectivity index (χ0v) is 13.9. The van der Waals surface area contributed by atoms with E-state index in [1.165, 1.54) is 31.2 Å². The Labute approximate surface area is 138 Å². The first-order valence-corrected chi connectivity index (χ1v) is 8.90. The molecular weight excluding hydrogens is 284 g/mol. The highest BCUT2D eigenvalue weighted by atomic mass is 15.3. The summed E-state index contributed by atoms with van der Waals surface area (Å²) in [6.07, 6.45) is 7.08. The molecule has 2 heterocycles. The van der Waals surface area contributed by atoms with E-state index >= 15 is 0 Å². The van der Waals surface area contributed by atoms with E-state index in [0.717, 1.165) is 25.5 Å². The van der Waals surface area contributed by atoms with Gasteiger partial charge in [0.25, 0.3) is 0 Å². The van der Waals surface area contributed by atoms with Crippen LogP contribution in [0.25, 0.3) is 0 Å². The summed E-state index contributed by atoms with van der Waals surface area (Å²) in [4.78, 5) is 0. The molecule has 0 bridgehead atoms. The molecule has 2 atom stereocenters. The van der Waals surface area contributed by atoms with Crippen molar-refractivity contribution < 1.29 is 0 Å². The zero-order chi connectivity index (χ0) is 15.6. The van der Waals surface area contributed by atoms with Crippen molar-refractivity contribution in [3.63, 3.8) is 0 Å². The summed E-state index contributed by atoms with van der Waals surface area (Å²) in [6, 6.07) is 9.53. The molecule has 4 nitrogen and oxygen atoms in total. The molecule has 4 rings (SSSR count). The smallest absolute Gasteiger partial charge is 0.124 e. The second-order valence-corrected chi connectivity index (χ2v) is 7.01. The number of fused-ring (bicyclic) bond motifs is 2. The van der Waals surface area contributed by atoms with E-state index in [4.69, 9.17) is 0 Å². The molecule has 122 valence electrons. The first kappa shape index (κ1) is 14.8. The molecule has 0 spiro atoms. The molecule has 4 heteroatoms. The Balaban J connectivity index is 1.36. The van der Waals surface area contributed by atoms with Crippen LogP contribution in [-0.4, -0.2) is 22.9 Å². The van der Waals surface area contributed by atoms with Crippen LogP contribution in [0.15, 0.2) is 30.5 Å². The van der Waals surface area contributed by atoms with Gasteiger partial charge in [0, 0.05) is 37.7 Å². The van der Waals surface area contributed by atoms with Crippen molar-refractivity contribution in [1.82, 2.24) is 15.1 Å². The molecule has 0 saturated carbocycles. The number of aryl methyl sites for hydroxylation is 2. The van der Waals surface area contributed by atoms with Crippen molar-refractivity contribution in [3.05, 3.63) is 47.2 Å². The van der Waals surface area contributed by atoms with Gasteiger partial charge in [0.05, 0.1) is 6.20 Å². The highest BCUT2D eigenvalue weighted by Crippen LogP contribution is 2.25.